The van der Waals surface area contributed by atoms with Crippen LogP contribution in [-0.2, 0) is 4.79 Å². The lowest BCUT2D eigenvalue weighted by Crippen LogP contribution is -2.28. The minimum absolute atomic E-state index is 0.108. The van der Waals surface area contributed by atoms with Crippen LogP contribution in [0, 0.1) is 5.92 Å². The number of hydrogen-bond donors (Lipinski definition) is 2. The van der Waals surface area contributed by atoms with Crippen LogP contribution < -0.4 is 10.6 Å². The standard InChI is InChI=1S/C10H22N2O/c1-4-9(5-2)8-12-7-6-10(13)11-3/h9,12H,4-8H2,1-3H3,(H,11,13). The maximum atomic E-state index is 10.8. The van der Waals surface area contributed by atoms with E-state index in [0.717, 1.165) is 19.0 Å². The molecule has 2 N–H and O–H groups in total. The molecule has 0 aromatic rings. The van der Waals surface area contributed by atoms with Crippen LogP contribution in [0.5, 0.6) is 0 Å². The second kappa shape index (κ2) is 8.05. The van der Waals surface area contributed by atoms with E-state index >= 15 is 0 Å². The second-order valence-electron chi connectivity index (χ2n) is 3.31. The van der Waals surface area contributed by atoms with Gasteiger partial charge in [0.2, 0.25) is 5.91 Å². The quantitative estimate of drug-likeness (QED) is 0.586. The maximum absolute atomic E-state index is 10.8. The molecule has 0 aliphatic rings. The Kier molecular flexibility index (Phi) is 7.69. The van der Waals surface area contributed by atoms with Crippen molar-refractivity contribution in [2.75, 3.05) is 20.1 Å². The van der Waals surface area contributed by atoms with Gasteiger partial charge in [-0.1, -0.05) is 26.7 Å². The van der Waals surface area contributed by atoms with Crippen molar-refractivity contribution in [2.45, 2.75) is 33.1 Å². The summed E-state index contributed by atoms with van der Waals surface area (Å²) in [6, 6.07) is 0. The van der Waals surface area contributed by atoms with E-state index in [4.69, 9.17) is 0 Å². The third-order valence-electron chi connectivity index (χ3n) is 2.40. The largest absolute Gasteiger partial charge is 0.359 e. The van der Waals surface area contributed by atoms with Gasteiger partial charge in [0.1, 0.15) is 0 Å². The molecular formula is C10H22N2O. The van der Waals surface area contributed by atoms with E-state index in [1.807, 2.05) is 0 Å². The zero-order valence-electron chi connectivity index (χ0n) is 9.02. The lowest BCUT2D eigenvalue weighted by atomic mass is 10.0. The van der Waals surface area contributed by atoms with Crippen LogP contribution in [-0.4, -0.2) is 26.0 Å². The third-order valence-corrected chi connectivity index (χ3v) is 2.40. The summed E-state index contributed by atoms with van der Waals surface area (Å²) in [5.74, 6) is 0.863. The van der Waals surface area contributed by atoms with Crippen molar-refractivity contribution in [3.8, 4) is 0 Å². The number of amides is 1. The molecule has 0 fully saturated rings. The van der Waals surface area contributed by atoms with Crippen molar-refractivity contribution in [3.63, 3.8) is 0 Å². The van der Waals surface area contributed by atoms with Gasteiger partial charge in [-0.25, -0.2) is 0 Å². The van der Waals surface area contributed by atoms with Gasteiger partial charge >= 0.3 is 0 Å². The minimum atomic E-state index is 0.108. The van der Waals surface area contributed by atoms with Gasteiger partial charge in [0, 0.05) is 20.0 Å². The molecule has 0 aliphatic heterocycles. The number of carbonyl (C=O) groups excluding carboxylic acids is 1. The average Bonchev–Trinajstić information content (AvgIpc) is 2.18. The highest BCUT2D eigenvalue weighted by Crippen LogP contribution is 2.04. The molecule has 0 aromatic heterocycles. The molecule has 78 valence electrons. The first-order valence-electron chi connectivity index (χ1n) is 5.15. The van der Waals surface area contributed by atoms with Crippen molar-refractivity contribution in [1.82, 2.24) is 10.6 Å². The molecule has 0 radical (unpaired) electrons. The molecule has 0 bridgehead atoms. The number of nitrogens with one attached hydrogen (secondary N) is 2. The lowest BCUT2D eigenvalue weighted by molar-refractivity contribution is -0.120. The number of hydrogen-bond acceptors (Lipinski definition) is 2. The summed E-state index contributed by atoms with van der Waals surface area (Å²) in [6.45, 7) is 6.23. The zero-order chi connectivity index (χ0) is 10.1. The molecule has 13 heavy (non-hydrogen) atoms. The Hall–Kier alpha value is -0.570. The van der Waals surface area contributed by atoms with Gasteiger partial charge in [-0.3, -0.25) is 4.79 Å². The normalized spacial score (nSPS) is 10.5. The van der Waals surface area contributed by atoms with Crippen molar-refractivity contribution in [2.24, 2.45) is 5.92 Å². The predicted octanol–water partition coefficient (Wildman–Crippen LogP) is 1.15. The Morgan fingerprint density at radius 1 is 1.31 bits per heavy atom. The van der Waals surface area contributed by atoms with Gasteiger partial charge in [-0.15, -0.1) is 0 Å². The van der Waals surface area contributed by atoms with E-state index < -0.39 is 0 Å². The second-order valence-corrected chi connectivity index (χ2v) is 3.31. The molecule has 1 amide bonds. The maximum Gasteiger partial charge on any atom is 0.221 e. The third kappa shape index (κ3) is 6.58. The summed E-state index contributed by atoms with van der Waals surface area (Å²) in [7, 11) is 1.67. The predicted molar refractivity (Wildman–Crippen MR) is 55.6 cm³/mol. The van der Waals surface area contributed by atoms with Gasteiger partial charge in [-0.2, -0.15) is 0 Å². The van der Waals surface area contributed by atoms with Crippen LogP contribution in [0.4, 0.5) is 0 Å². The summed E-state index contributed by atoms with van der Waals surface area (Å²) in [6.07, 6.45) is 3.00. The summed E-state index contributed by atoms with van der Waals surface area (Å²) < 4.78 is 0. The molecule has 0 aromatic carbocycles. The Morgan fingerprint density at radius 3 is 2.38 bits per heavy atom. The smallest absolute Gasteiger partial charge is 0.221 e. The molecule has 0 saturated heterocycles. The first-order valence-corrected chi connectivity index (χ1v) is 5.15. The summed E-state index contributed by atoms with van der Waals surface area (Å²) in [5, 5.41) is 5.89. The van der Waals surface area contributed by atoms with E-state index in [9.17, 15) is 4.79 Å². The SMILES string of the molecule is CCC(CC)CNCCC(=O)NC. The summed E-state index contributed by atoms with van der Waals surface area (Å²) in [5.41, 5.74) is 0. The van der Waals surface area contributed by atoms with Crippen LogP contribution in [0.1, 0.15) is 33.1 Å². The van der Waals surface area contributed by atoms with Gasteiger partial charge in [-0.05, 0) is 12.5 Å². The molecule has 3 nitrogen and oxygen atoms in total. The van der Waals surface area contributed by atoms with Crippen molar-refractivity contribution < 1.29 is 4.79 Å². The van der Waals surface area contributed by atoms with E-state index in [0.29, 0.717) is 6.42 Å². The zero-order valence-corrected chi connectivity index (χ0v) is 9.02. The highest BCUT2D eigenvalue weighted by atomic mass is 16.1. The highest BCUT2D eigenvalue weighted by Gasteiger charge is 2.02. The van der Waals surface area contributed by atoms with E-state index in [-0.39, 0.29) is 5.91 Å². The molecule has 0 aliphatic carbocycles. The molecule has 0 spiro atoms. The first kappa shape index (κ1) is 12.4. The molecule has 0 atom stereocenters. The van der Waals surface area contributed by atoms with Crippen molar-refractivity contribution >= 4 is 5.91 Å². The molecule has 0 rings (SSSR count). The Bertz CT molecular complexity index is 133. The van der Waals surface area contributed by atoms with Gasteiger partial charge < -0.3 is 10.6 Å². The highest BCUT2D eigenvalue weighted by molar-refractivity contribution is 5.75. The lowest BCUT2D eigenvalue weighted by Gasteiger charge is -2.12. The van der Waals surface area contributed by atoms with E-state index in [1.165, 1.54) is 12.8 Å². The van der Waals surface area contributed by atoms with Gasteiger partial charge in [0.25, 0.3) is 0 Å². The fourth-order valence-corrected chi connectivity index (χ4v) is 1.21. The minimum Gasteiger partial charge on any atom is -0.359 e. The Labute approximate surface area is 81.3 Å². The summed E-state index contributed by atoms with van der Waals surface area (Å²) >= 11 is 0. The number of carbonyl (C=O) groups is 1. The van der Waals surface area contributed by atoms with Crippen molar-refractivity contribution in [3.05, 3.63) is 0 Å². The van der Waals surface area contributed by atoms with Crippen LogP contribution in [0.25, 0.3) is 0 Å². The van der Waals surface area contributed by atoms with Crippen molar-refractivity contribution in [1.29, 1.82) is 0 Å². The molecule has 3 heteroatoms. The number of rotatable bonds is 7. The monoisotopic (exact) mass is 186 g/mol. The van der Waals surface area contributed by atoms with Crippen LogP contribution >= 0.6 is 0 Å². The first-order chi connectivity index (χ1) is 6.24. The van der Waals surface area contributed by atoms with Crippen LogP contribution in [0.15, 0.2) is 0 Å². The fourth-order valence-electron chi connectivity index (χ4n) is 1.21. The van der Waals surface area contributed by atoms with Crippen LogP contribution in [0.3, 0.4) is 0 Å². The van der Waals surface area contributed by atoms with E-state index in [1.54, 1.807) is 7.05 Å². The molecule has 0 unspecified atom stereocenters. The van der Waals surface area contributed by atoms with Crippen LogP contribution in [0.2, 0.25) is 0 Å². The topological polar surface area (TPSA) is 41.1 Å². The molecular weight excluding hydrogens is 164 g/mol. The average molecular weight is 186 g/mol. The molecule has 0 heterocycles. The fraction of sp³-hybridized carbons (Fsp3) is 0.900. The van der Waals surface area contributed by atoms with E-state index in [2.05, 4.69) is 24.5 Å². The van der Waals surface area contributed by atoms with Gasteiger partial charge in [0.05, 0.1) is 0 Å². The molecule has 0 saturated carbocycles. The summed E-state index contributed by atoms with van der Waals surface area (Å²) in [4.78, 5) is 10.8. The Morgan fingerprint density at radius 2 is 1.92 bits per heavy atom. The van der Waals surface area contributed by atoms with Gasteiger partial charge in [0.15, 0.2) is 0 Å². The Balaban J connectivity index is 3.28.